The molecule has 0 atom stereocenters. The molecule has 0 spiro atoms. The quantitative estimate of drug-likeness (QED) is 0.597. The first-order valence-electron chi connectivity index (χ1n) is 7.77. The lowest BCUT2D eigenvalue weighted by molar-refractivity contribution is 0.865. The van der Waals surface area contributed by atoms with E-state index >= 15 is 0 Å². The summed E-state index contributed by atoms with van der Waals surface area (Å²) in [6.07, 6.45) is 2.01. The van der Waals surface area contributed by atoms with E-state index in [1.165, 1.54) is 33.2 Å². The SMILES string of the molecule is CC(C)c1ccc(-c2cc3cc[nH]c3cc2C(C)C)cc1. The van der Waals surface area contributed by atoms with Crippen molar-refractivity contribution in [1.82, 2.24) is 4.98 Å². The molecule has 0 saturated carbocycles. The number of hydrogen-bond donors (Lipinski definition) is 1. The minimum atomic E-state index is 0.512. The fourth-order valence-electron chi connectivity index (χ4n) is 2.89. The average Bonchev–Trinajstić information content (AvgIpc) is 2.93. The van der Waals surface area contributed by atoms with Crippen LogP contribution < -0.4 is 0 Å². The Labute approximate surface area is 127 Å². The molecule has 0 aliphatic heterocycles. The molecule has 21 heavy (non-hydrogen) atoms. The van der Waals surface area contributed by atoms with E-state index in [0.29, 0.717) is 11.8 Å². The second-order valence-corrected chi connectivity index (χ2v) is 6.44. The lowest BCUT2D eigenvalue weighted by Gasteiger charge is -2.15. The van der Waals surface area contributed by atoms with E-state index in [4.69, 9.17) is 0 Å². The van der Waals surface area contributed by atoms with E-state index in [0.717, 1.165) is 0 Å². The average molecular weight is 277 g/mol. The van der Waals surface area contributed by atoms with Crippen LogP contribution in [0.3, 0.4) is 0 Å². The lowest BCUT2D eigenvalue weighted by Crippen LogP contribution is -1.94. The Morgan fingerprint density at radius 1 is 0.810 bits per heavy atom. The van der Waals surface area contributed by atoms with Gasteiger partial charge in [0.2, 0.25) is 0 Å². The monoisotopic (exact) mass is 277 g/mol. The molecule has 0 unspecified atom stereocenters. The number of nitrogens with one attached hydrogen (secondary N) is 1. The third-order valence-corrected chi connectivity index (χ3v) is 4.23. The molecule has 3 rings (SSSR count). The van der Waals surface area contributed by atoms with E-state index in [9.17, 15) is 0 Å². The van der Waals surface area contributed by atoms with Crippen molar-refractivity contribution in [2.24, 2.45) is 0 Å². The Balaban J connectivity index is 2.15. The molecule has 0 aliphatic rings. The van der Waals surface area contributed by atoms with Crippen molar-refractivity contribution in [3.05, 3.63) is 59.8 Å². The van der Waals surface area contributed by atoms with Crippen molar-refractivity contribution in [2.75, 3.05) is 0 Å². The van der Waals surface area contributed by atoms with Gasteiger partial charge in [0.05, 0.1) is 0 Å². The molecule has 0 fully saturated rings. The van der Waals surface area contributed by atoms with E-state index in [-0.39, 0.29) is 0 Å². The minimum absolute atomic E-state index is 0.512. The molecule has 1 nitrogen and oxygen atoms in total. The summed E-state index contributed by atoms with van der Waals surface area (Å²) in [6.45, 7) is 8.99. The van der Waals surface area contributed by atoms with Crippen LogP contribution in [-0.4, -0.2) is 4.98 Å². The lowest BCUT2D eigenvalue weighted by atomic mass is 9.90. The summed E-state index contributed by atoms with van der Waals surface area (Å²) in [4.78, 5) is 3.32. The first-order valence-corrected chi connectivity index (χ1v) is 7.77. The van der Waals surface area contributed by atoms with Gasteiger partial charge in [-0.05, 0) is 57.7 Å². The van der Waals surface area contributed by atoms with Gasteiger partial charge >= 0.3 is 0 Å². The predicted octanol–water partition coefficient (Wildman–Crippen LogP) is 6.08. The molecule has 0 saturated heterocycles. The standard InChI is InChI=1S/C20H23N/c1-13(2)15-5-7-16(8-6-15)19-11-17-9-10-21-20(17)12-18(19)14(3)4/h5-14,21H,1-4H3. The molecule has 0 amide bonds. The van der Waals surface area contributed by atoms with Gasteiger partial charge in [0.25, 0.3) is 0 Å². The van der Waals surface area contributed by atoms with Crippen molar-refractivity contribution in [2.45, 2.75) is 39.5 Å². The van der Waals surface area contributed by atoms with Gasteiger partial charge in [0, 0.05) is 11.7 Å². The Kier molecular flexibility index (Phi) is 3.59. The van der Waals surface area contributed by atoms with E-state index in [1.807, 2.05) is 6.20 Å². The van der Waals surface area contributed by atoms with Crippen molar-refractivity contribution in [3.63, 3.8) is 0 Å². The number of H-pyrrole nitrogens is 1. The van der Waals surface area contributed by atoms with Gasteiger partial charge in [-0.25, -0.2) is 0 Å². The topological polar surface area (TPSA) is 15.8 Å². The number of rotatable bonds is 3. The van der Waals surface area contributed by atoms with Crippen LogP contribution in [-0.2, 0) is 0 Å². The Morgan fingerprint density at radius 2 is 1.52 bits per heavy atom. The molecule has 3 aromatic rings. The second kappa shape index (κ2) is 5.40. The van der Waals surface area contributed by atoms with Crippen LogP contribution in [0.1, 0.15) is 50.7 Å². The van der Waals surface area contributed by atoms with Gasteiger partial charge in [0.1, 0.15) is 0 Å². The molecule has 2 aromatic carbocycles. The van der Waals surface area contributed by atoms with E-state index in [2.05, 4.69) is 75.1 Å². The van der Waals surface area contributed by atoms with Crippen LogP contribution in [0.25, 0.3) is 22.0 Å². The summed E-state index contributed by atoms with van der Waals surface area (Å²) in [5, 5.41) is 1.28. The van der Waals surface area contributed by atoms with Gasteiger partial charge in [-0.3, -0.25) is 0 Å². The highest BCUT2D eigenvalue weighted by Gasteiger charge is 2.11. The third kappa shape index (κ3) is 2.61. The molecular weight excluding hydrogens is 254 g/mol. The fraction of sp³-hybridized carbons (Fsp3) is 0.300. The maximum absolute atomic E-state index is 3.32. The summed E-state index contributed by atoms with van der Waals surface area (Å²) in [5.74, 6) is 1.09. The zero-order valence-electron chi connectivity index (χ0n) is 13.3. The maximum Gasteiger partial charge on any atom is 0.0457 e. The largest absolute Gasteiger partial charge is 0.361 e. The number of benzene rings is 2. The van der Waals surface area contributed by atoms with Gasteiger partial charge in [0.15, 0.2) is 0 Å². The van der Waals surface area contributed by atoms with Crippen molar-refractivity contribution >= 4 is 10.9 Å². The molecule has 0 radical (unpaired) electrons. The van der Waals surface area contributed by atoms with E-state index < -0.39 is 0 Å². The number of fused-ring (bicyclic) bond motifs is 1. The summed E-state index contributed by atoms with van der Waals surface area (Å²) in [5.41, 5.74) is 6.69. The number of aromatic amines is 1. The predicted molar refractivity (Wildman–Crippen MR) is 91.9 cm³/mol. The molecule has 1 heterocycles. The second-order valence-electron chi connectivity index (χ2n) is 6.44. The Bertz CT molecular complexity index is 745. The maximum atomic E-state index is 3.32. The molecular formula is C20H23N. The Morgan fingerprint density at radius 3 is 2.14 bits per heavy atom. The van der Waals surface area contributed by atoms with Crippen molar-refractivity contribution in [1.29, 1.82) is 0 Å². The molecule has 0 bridgehead atoms. The molecule has 0 aliphatic carbocycles. The summed E-state index contributed by atoms with van der Waals surface area (Å²) < 4.78 is 0. The van der Waals surface area contributed by atoms with Crippen LogP contribution in [0.2, 0.25) is 0 Å². The first-order chi connectivity index (χ1) is 10.1. The molecule has 1 aromatic heterocycles. The normalized spacial score (nSPS) is 11.7. The summed E-state index contributed by atoms with van der Waals surface area (Å²) in [6, 6.07) is 15.8. The van der Waals surface area contributed by atoms with Gasteiger partial charge < -0.3 is 4.98 Å². The zero-order chi connectivity index (χ0) is 15.0. The highest BCUT2D eigenvalue weighted by molar-refractivity contribution is 5.87. The molecule has 1 heteroatoms. The molecule has 1 N–H and O–H groups in total. The third-order valence-electron chi connectivity index (χ3n) is 4.23. The fourth-order valence-corrected chi connectivity index (χ4v) is 2.89. The smallest absolute Gasteiger partial charge is 0.0457 e. The van der Waals surface area contributed by atoms with Crippen LogP contribution in [0.5, 0.6) is 0 Å². The van der Waals surface area contributed by atoms with Gasteiger partial charge in [-0.1, -0.05) is 52.0 Å². The molecule has 108 valence electrons. The number of hydrogen-bond acceptors (Lipinski definition) is 0. The van der Waals surface area contributed by atoms with Crippen molar-refractivity contribution in [3.8, 4) is 11.1 Å². The van der Waals surface area contributed by atoms with Crippen LogP contribution in [0.15, 0.2) is 48.7 Å². The Hall–Kier alpha value is -2.02. The zero-order valence-corrected chi connectivity index (χ0v) is 13.3. The van der Waals surface area contributed by atoms with Crippen LogP contribution in [0.4, 0.5) is 0 Å². The minimum Gasteiger partial charge on any atom is -0.361 e. The van der Waals surface area contributed by atoms with Gasteiger partial charge in [-0.15, -0.1) is 0 Å². The highest BCUT2D eigenvalue weighted by atomic mass is 14.7. The van der Waals surface area contributed by atoms with E-state index in [1.54, 1.807) is 0 Å². The van der Waals surface area contributed by atoms with Crippen LogP contribution in [0, 0.1) is 0 Å². The van der Waals surface area contributed by atoms with Crippen LogP contribution >= 0.6 is 0 Å². The van der Waals surface area contributed by atoms with Gasteiger partial charge in [-0.2, -0.15) is 0 Å². The number of aromatic nitrogens is 1. The van der Waals surface area contributed by atoms with Crippen molar-refractivity contribution < 1.29 is 0 Å². The summed E-state index contributed by atoms with van der Waals surface area (Å²) >= 11 is 0. The highest BCUT2D eigenvalue weighted by Crippen LogP contribution is 2.33. The first kappa shape index (κ1) is 13.9. The summed E-state index contributed by atoms with van der Waals surface area (Å²) in [7, 11) is 0.